The molecule has 0 spiro atoms. The minimum Gasteiger partial charge on any atom is -0.548 e. The van der Waals surface area contributed by atoms with Crippen molar-refractivity contribution in [3.05, 3.63) is 0 Å². The van der Waals surface area contributed by atoms with Gasteiger partial charge in [-0.2, -0.15) is 0 Å². The van der Waals surface area contributed by atoms with Crippen LogP contribution in [0.5, 0.6) is 0 Å². The number of hydrogen-bond acceptors (Lipinski definition) is 7. The number of rotatable bonds is 9. The Morgan fingerprint density at radius 1 is 1.18 bits per heavy atom. The van der Waals surface area contributed by atoms with Crippen molar-refractivity contribution in [3.63, 3.8) is 0 Å². The zero-order chi connectivity index (χ0) is 16.6. The van der Waals surface area contributed by atoms with Crippen molar-refractivity contribution >= 4 is 25.6 Å². The van der Waals surface area contributed by atoms with E-state index >= 15 is 0 Å². The Morgan fingerprint density at radius 2 is 1.68 bits per heavy atom. The molecule has 0 rings (SSSR count). The minimum atomic E-state index is -1.79. The van der Waals surface area contributed by atoms with E-state index < -0.39 is 50.1 Å². The molecule has 5 N–H and O–H groups in total. The zero-order valence-electron chi connectivity index (χ0n) is 12.9. The molecule has 22 heavy (non-hydrogen) atoms. The smallest absolute Gasteiger partial charge is 0.548 e. The number of aliphatic hydroxyl groups excluding tert-OH is 1. The second-order valence-corrected chi connectivity index (χ2v) is 6.22. The molecule has 0 aromatic heterocycles. The molecule has 0 bridgehead atoms. The van der Waals surface area contributed by atoms with E-state index in [0.29, 0.717) is 0 Å². The minimum absolute atomic E-state index is 0. The molecule has 0 fully saturated rings. The Labute approximate surface area is 151 Å². The van der Waals surface area contributed by atoms with Crippen LogP contribution in [0.3, 0.4) is 0 Å². The van der Waals surface area contributed by atoms with E-state index in [4.69, 9.17) is 10.8 Å². The molecule has 0 saturated carbocycles. The molecular weight excluding hydrogens is 324 g/mol. The standard InChI is InChI=1S/C11H20N3O6P.Na/c1-6(9(16)14-7(2)11(18)19)13-10(17)8(12)3-4-21(20)5-15;/h6-8,15H,3-5,12H2,1-2H3,(H2-,13,14,16,17,18,19);/q;+1/t6-,7-,8?;/m0./s1. The van der Waals surface area contributed by atoms with Gasteiger partial charge >= 0.3 is 37.4 Å². The number of nitrogens with one attached hydrogen (secondary N) is 2. The third-order valence-corrected chi connectivity index (χ3v) is 3.72. The number of hydrogen-bond donors (Lipinski definition) is 4. The summed E-state index contributed by atoms with van der Waals surface area (Å²) in [6.07, 6.45) is -0.266. The molecule has 120 valence electrons. The molecule has 4 atom stereocenters. The van der Waals surface area contributed by atoms with Gasteiger partial charge in [0.2, 0.25) is 18.2 Å². The van der Waals surface area contributed by atoms with Gasteiger partial charge in [0.25, 0.3) is 0 Å². The zero-order valence-corrected chi connectivity index (χ0v) is 15.8. The number of aliphatic carboxylic acids is 1. The predicted octanol–water partition coefficient (Wildman–Crippen LogP) is -5.76. The second kappa shape index (κ2) is 11.9. The first-order chi connectivity index (χ1) is 9.68. The van der Waals surface area contributed by atoms with Gasteiger partial charge in [0.1, 0.15) is 6.04 Å². The van der Waals surface area contributed by atoms with Crippen LogP contribution in [0.15, 0.2) is 0 Å². The van der Waals surface area contributed by atoms with Crippen molar-refractivity contribution < 1.29 is 58.7 Å². The summed E-state index contributed by atoms with van der Waals surface area (Å²) in [7, 11) is -1.79. The van der Waals surface area contributed by atoms with Crippen LogP contribution >= 0.6 is 7.80 Å². The average molecular weight is 344 g/mol. The van der Waals surface area contributed by atoms with Crippen LogP contribution in [0.2, 0.25) is 0 Å². The predicted molar refractivity (Wildman–Crippen MR) is 72.4 cm³/mol. The number of carbonyl (C=O) groups is 3. The SMILES string of the molecule is C[C@H](NC(=O)[C@H](C)NC(=O)C(N)CC[P+](=O)CO)C(=O)[O-].[Na+]. The van der Waals surface area contributed by atoms with Gasteiger partial charge < -0.3 is 31.4 Å². The summed E-state index contributed by atoms with van der Waals surface area (Å²) in [4.78, 5) is 33.8. The summed E-state index contributed by atoms with van der Waals surface area (Å²) in [6.45, 7) is 2.61. The largest absolute Gasteiger partial charge is 1.00 e. The molecule has 2 amide bonds. The third-order valence-electron chi connectivity index (χ3n) is 2.65. The molecule has 11 heteroatoms. The molecule has 0 aliphatic carbocycles. The monoisotopic (exact) mass is 344 g/mol. The normalized spacial score (nSPS) is 14.8. The third kappa shape index (κ3) is 9.45. The number of carbonyl (C=O) groups excluding carboxylic acids is 3. The summed E-state index contributed by atoms with van der Waals surface area (Å²) in [5.41, 5.74) is 5.56. The van der Waals surface area contributed by atoms with Gasteiger partial charge in [0, 0.05) is 6.42 Å². The topological polar surface area (TPSA) is 162 Å². The van der Waals surface area contributed by atoms with E-state index in [9.17, 15) is 24.1 Å². The van der Waals surface area contributed by atoms with Crippen molar-refractivity contribution in [2.24, 2.45) is 5.73 Å². The Balaban J connectivity index is 0. The van der Waals surface area contributed by atoms with E-state index in [1.807, 2.05) is 0 Å². The van der Waals surface area contributed by atoms with Crippen molar-refractivity contribution in [1.82, 2.24) is 10.6 Å². The van der Waals surface area contributed by atoms with E-state index in [-0.39, 0.29) is 42.1 Å². The van der Waals surface area contributed by atoms with Gasteiger partial charge in [0.15, 0.2) is 6.16 Å². The van der Waals surface area contributed by atoms with Crippen LogP contribution in [0, 0.1) is 0 Å². The number of carboxylic acids is 1. The molecular formula is C11H20N3NaO6P+. The number of amides is 2. The Kier molecular flexibility index (Phi) is 12.8. The van der Waals surface area contributed by atoms with Gasteiger partial charge in [-0.15, -0.1) is 0 Å². The summed E-state index contributed by atoms with van der Waals surface area (Å²) in [5.74, 6) is -2.75. The first-order valence-corrected chi connectivity index (χ1v) is 7.92. The molecule has 2 unspecified atom stereocenters. The summed E-state index contributed by atoms with van der Waals surface area (Å²) < 4.78 is 11.0. The molecule has 0 saturated heterocycles. The maximum atomic E-state index is 11.7. The van der Waals surface area contributed by atoms with Crippen molar-refractivity contribution in [2.75, 3.05) is 12.5 Å². The summed E-state index contributed by atoms with van der Waals surface area (Å²) in [5, 5.41) is 23.6. The van der Waals surface area contributed by atoms with E-state index in [0.717, 1.165) is 0 Å². The Hall–Kier alpha value is -0.570. The fourth-order valence-electron chi connectivity index (χ4n) is 1.27. The van der Waals surface area contributed by atoms with E-state index in [1.54, 1.807) is 0 Å². The summed E-state index contributed by atoms with van der Waals surface area (Å²) in [6, 6.07) is -3.12. The van der Waals surface area contributed by atoms with Crippen LogP contribution in [-0.2, 0) is 18.9 Å². The van der Waals surface area contributed by atoms with Crippen LogP contribution in [0.4, 0.5) is 0 Å². The molecule has 0 aromatic carbocycles. The van der Waals surface area contributed by atoms with Crippen molar-refractivity contribution in [1.29, 1.82) is 0 Å². The van der Waals surface area contributed by atoms with Gasteiger partial charge in [-0.1, -0.05) is 4.57 Å². The molecule has 0 aromatic rings. The van der Waals surface area contributed by atoms with Crippen molar-refractivity contribution in [3.8, 4) is 0 Å². The number of aliphatic hydroxyl groups is 1. The van der Waals surface area contributed by atoms with Crippen LogP contribution in [-0.4, -0.2) is 53.5 Å². The fraction of sp³-hybridized carbons (Fsp3) is 0.727. The molecule has 9 nitrogen and oxygen atoms in total. The van der Waals surface area contributed by atoms with E-state index in [2.05, 4.69) is 10.6 Å². The van der Waals surface area contributed by atoms with Crippen LogP contribution < -0.4 is 51.0 Å². The molecule has 0 aliphatic rings. The average Bonchev–Trinajstić information content (AvgIpc) is 2.43. The van der Waals surface area contributed by atoms with E-state index in [1.165, 1.54) is 13.8 Å². The first kappa shape index (κ1) is 23.7. The Bertz CT molecular complexity index is 423. The van der Waals surface area contributed by atoms with Crippen LogP contribution in [0.1, 0.15) is 20.3 Å². The number of nitrogens with two attached hydrogens (primary N) is 1. The van der Waals surface area contributed by atoms with Gasteiger partial charge in [-0.3, -0.25) is 9.59 Å². The van der Waals surface area contributed by atoms with Gasteiger partial charge in [-0.25, -0.2) is 0 Å². The molecule has 0 heterocycles. The number of carboxylic acid groups (broad SMARTS) is 1. The fourth-order valence-corrected chi connectivity index (χ4v) is 1.98. The Morgan fingerprint density at radius 3 is 2.14 bits per heavy atom. The molecule has 0 radical (unpaired) electrons. The maximum absolute atomic E-state index is 11.7. The first-order valence-electron chi connectivity index (χ1n) is 6.29. The van der Waals surface area contributed by atoms with Crippen LogP contribution in [0.25, 0.3) is 0 Å². The van der Waals surface area contributed by atoms with Gasteiger partial charge in [0.05, 0.1) is 18.1 Å². The second-order valence-electron chi connectivity index (χ2n) is 4.52. The quantitative estimate of drug-likeness (QED) is 0.239. The van der Waals surface area contributed by atoms with Crippen molar-refractivity contribution in [2.45, 2.75) is 38.4 Å². The molecule has 0 aliphatic heterocycles. The summed E-state index contributed by atoms with van der Waals surface area (Å²) >= 11 is 0. The van der Waals surface area contributed by atoms with Gasteiger partial charge in [-0.05, 0) is 13.8 Å². The maximum Gasteiger partial charge on any atom is 1.00 e.